The van der Waals surface area contributed by atoms with Crippen LogP contribution in [0.15, 0.2) is 42.6 Å². The fourth-order valence-electron chi connectivity index (χ4n) is 3.73. The van der Waals surface area contributed by atoms with E-state index < -0.39 is 21.7 Å². The number of methoxy groups -OCH3 is 1. The molecule has 8 nitrogen and oxygen atoms in total. The van der Waals surface area contributed by atoms with Crippen molar-refractivity contribution in [1.82, 2.24) is 14.9 Å². The number of carbonyl (C=O) groups excluding carboxylic acids is 1. The van der Waals surface area contributed by atoms with Crippen LogP contribution in [0.25, 0.3) is 27.7 Å². The van der Waals surface area contributed by atoms with E-state index in [0.717, 1.165) is 22.2 Å². The van der Waals surface area contributed by atoms with E-state index in [2.05, 4.69) is 9.97 Å². The van der Waals surface area contributed by atoms with E-state index in [4.69, 9.17) is 9.88 Å². The largest absolute Gasteiger partial charge is 0.496 e. The van der Waals surface area contributed by atoms with Crippen LogP contribution in [0.1, 0.15) is 12.1 Å². The van der Waals surface area contributed by atoms with E-state index in [0.29, 0.717) is 29.9 Å². The third kappa shape index (κ3) is 4.44. The molecule has 0 saturated carbocycles. The molecule has 0 unspecified atom stereocenters. The van der Waals surface area contributed by atoms with Gasteiger partial charge in [-0.3, -0.25) is 4.79 Å². The molecule has 0 radical (unpaired) electrons. The number of hydrogen-bond donors (Lipinski definition) is 2. The van der Waals surface area contributed by atoms with Crippen molar-refractivity contribution in [3.63, 3.8) is 0 Å². The number of sulfonamides is 1. The SMILES string of the molecule is COc1ccc(F)cc1-c1ccnc2[nH]c(C3=CCN(C(=O)CS(N)(=O)=O)CC3)cc12. The second-order valence-electron chi connectivity index (χ2n) is 7.27. The smallest absolute Gasteiger partial charge is 0.239 e. The number of halogens is 1. The van der Waals surface area contributed by atoms with Gasteiger partial charge in [0.25, 0.3) is 0 Å². The highest BCUT2D eigenvalue weighted by Gasteiger charge is 2.22. The van der Waals surface area contributed by atoms with Gasteiger partial charge in [0.2, 0.25) is 15.9 Å². The summed E-state index contributed by atoms with van der Waals surface area (Å²) in [6, 6.07) is 8.10. The molecule has 1 aromatic carbocycles. The lowest BCUT2D eigenvalue weighted by molar-refractivity contribution is -0.128. The van der Waals surface area contributed by atoms with Gasteiger partial charge < -0.3 is 14.6 Å². The van der Waals surface area contributed by atoms with E-state index in [9.17, 15) is 17.6 Å². The van der Waals surface area contributed by atoms with Crippen LogP contribution in [-0.4, -0.2) is 55.1 Å². The number of primary sulfonamides is 1. The minimum absolute atomic E-state index is 0.289. The van der Waals surface area contributed by atoms with Crippen molar-refractivity contribution in [3.05, 3.63) is 54.1 Å². The van der Waals surface area contributed by atoms with Gasteiger partial charge in [-0.05, 0) is 47.9 Å². The van der Waals surface area contributed by atoms with Gasteiger partial charge in [0, 0.05) is 35.9 Å². The normalized spacial score (nSPS) is 14.5. The van der Waals surface area contributed by atoms with Crippen molar-refractivity contribution in [2.24, 2.45) is 5.14 Å². The molecule has 0 bridgehead atoms. The first kappa shape index (κ1) is 21.0. The van der Waals surface area contributed by atoms with Crippen molar-refractivity contribution < 1.29 is 22.3 Å². The lowest BCUT2D eigenvalue weighted by atomic mass is 10.0. The molecule has 4 rings (SSSR count). The minimum atomic E-state index is -3.86. The molecule has 1 aliphatic heterocycles. The summed E-state index contributed by atoms with van der Waals surface area (Å²) in [4.78, 5) is 21.2. The number of H-pyrrole nitrogens is 1. The van der Waals surface area contributed by atoms with Gasteiger partial charge in [-0.25, -0.2) is 22.9 Å². The first-order valence-electron chi connectivity index (χ1n) is 9.54. The van der Waals surface area contributed by atoms with Gasteiger partial charge in [0.15, 0.2) is 0 Å². The minimum Gasteiger partial charge on any atom is -0.496 e. The summed E-state index contributed by atoms with van der Waals surface area (Å²) in [5.74, 6) is -1.03. The Morgan fingerprint density at radius 2 is 2.10 bits per heavy atom. The van der Waals surface area contributed by atoms with Crippen LogP contribution < -0.4 is 9.88 Å². The third-order valence-corrected chi connectivity index (χ3v) is 5.87. The van der Waals surface area contributed by atoms with Crippen LogP contribution in [0.4, 0.5) is 4.39 Å². The number of amides is 1. The predicted octanol–water partition coefficient (Wildman–Crippen LogP) is 2.28. The quantitative estimate of drug-likeness (QED) is 0.626. The van der Waals surface area contributed by atoms with E-state index >= 15 is 0 Å². The molecular weight excluding hydrogens is 423 g/mol. The Bertz CT molecular complexity index is 1300. The highest BCUT2D eigenvalue weighted by Crippen LogP contribution is 2.36. The molecule has 3 heterocycles. The first-order valence-corrected chi connectivity index (χ1v) is 11.3. The molecule has 0 spiro atoms. The molecule has 31 heavy (non-hydrogen) atoms. The van der Waals surface area contributed by atoms with Crippen LogP contribution in [0, 0.1) is 5.82 Å². The molecule has 10 heteroatoms. The van der Waals surface area contributed by atoms with Crippen molar-refractivity contribution in [1.29, 1.82) is 0 Å². The zero-order valence-corrected chi connectivity index (χ0v) is 17.6. The number of ether oxygens (including phenoxy) is 1. The number of pyridine rings is 1. The van der Waals surface area contributed by atoms with Crippen LogP contribution in [0.5, 0.6) is 5.75 Å². The number of aromatic nitrogens is 2. The standard InChI is InChI=1S/C21H21FN4O4S/c1-30-19-3-2-14(22)10-16(19)15-4-7-24-21-17(15)11-18(25-21)13-5-8-26(9-6-13)20(27)12-31(23,28)29/h2-5,7,10-11H,6,8-9,12H2,1H3,(H,24,25)(H2,23,28,29). The molecule has 0 aliphatic carbocycles. The van der Waals surface area contributed by atoms with E-state index in [1.54, 1.807) is 18.3 Å². The number of fused-ring (bicyclic) bond motifs is 1. The molecule has 2 aromatic heterocycles. The van der Waals surface area contributed by atoms with Crippen LogP contribution >= 0.6 is 0 Å². The third-order valence-electron chi connectivity index (χ3n) is 5.22. The summed E-state index contributed by atoms with van der Waals surface area (Å²) < 4.78 is 41.6. The average molecular weight is 444 g/mol. The second kappa shape index (κ2) is 8.12. The molecule has 0 fully saturated rings. The Morgan fingerprint density at radius 3 is 2.77 bits per heavy atom. The van der Waals surface area contributed by atoms with Crippen LogP contribution in [-0.2, 0) is 14.8 Å². The number of aromatic amines is 1. The average Bonchev–Trinajstić information content (AvgIpc) is 3.17. The Morgan fingerprint density at radius 1 is 1.29 bits per heavy atom. The maximum Gasteiger partial charge on any atom is 0.239 e. The molecule has 3 aromatic rings. The highest BCUT2D eigenvalue weighted by atomic mass is 32.2. The number of nitrogens with one attached hydrogen (secondary N) is 1. The lowest BCUT2D eigenvalue weighted by Crippen LogP contribution is -2.39. The zero-order chi connectivity index (χ0) is 22.2. The summed E-state index contributed by atoms with van der Waals surface area (Å²) in [6.07, 6.45) is 4.06. The lowest BCUT2D eigenvalue weighted by Gasteiger charge is -2.26. The first-order chi connectivity index (χ1) is 14.7. The fraction of sp³-hybridized carbons (Fsp3) is 0.238. The number of nitrogens with zero attached hydrogens (tertiary/aromatic N) is 2. The van der Waals surface area contributed by atoms with E-state index in [1.807, 2.05) is 12.1 Å². The number of rotatable bonds is 5. The molecule has 1 aliphatic rings. The van der Waals surface area contributed by atoms with E-state index in [-0.39, 0.29) is 12.4 Å². The Hall–Kier alpha value is -3.24. The maximum atomic E-state index is 13.9. The number of benzene rings is 1. The zero-order valence-electron chi connectivity index (χ0n) is 16.8. The van der Waals surface area contributed by atoms with Gasteiger partial charge in [-0.15, -0.1) is 0 Å². The Kier molecular flexibility index (Phi) is 5.50. The van der Waals surface area contributed by atoms with Crippen molar-refractivity contribution >= 4 is 32.5 Å². The number of nitrogens with two attached hydrogens (primary N) is 1. The summed E-state index contributed by atoms with van der Waals surface area (Å²) in [5, 5.41) is 5.78. The highest BCUT2D eigenvalue weighted by molar-refractivity contribution is 7.89. The predicted molar refractivity (Wildman–Crippen MR) is 115 cm³/mol. The molecule has 0 saturated heterocycles. The molecule has 162 valence electrons. The van der Waals surface area contributed by atoms with Gasteiger partial charge in [0.05, 0.1) is 7.11 Å². The molecule has 3 N–H and O–H groups in total. The summed E-state index contributed by atoms with van der Waals surface area (Å²) >= 11 is 0. The molecule has 0 atom stereocenters. The van der Waals surface area contributed by atoms with Crippen LogP contribution in [0.2, 0.25) is 0 Å². The monoisotopic (exact) mass is 444 g/mol. The Labute approximate surface area is 178 Å². The summed E-state index contributed by atoms with van der Waals surface area (Å²) in [5.41, 5.74) is 3.87. The maximum absolute atomic E-state index is 13.9. The van der Waals surface area contributed by atoms with Gasteiger partial charge in [-0.1, -0.05) is 6.08 Å². The van der Waals surface area contributed by atoms with Gasteiger partial charge in [0.1, 0.15) is 23.0 Å². The van der Waals surface area contributed by atoms with Crippen molar-refractivity contribution in [2.75, 3.05) is 26.0 Å². The number of hydrogen-bond acceptors (Lipinski definition) is 5. The van der Waals surface area contributed by atoms with Gasteiger partial charge in [-0.2, -0.15) is 0 Å². The number of carbonyl (C=O) groups is 1. The van der Waals surface area contributed by atoms with E-state index in [1.165, 1.54) is 24.1 Å². The van der Waals surface area contributed by atoms with Crippen LogP contribution in [0.3, 0.4) is 0 Å². The fourth-order valence-corrected chi connectivity index (χ4v) is 4.26. The van der Waals surface area contributed by atoms with Gasteiger partial charge >= 0.3 is 0 Å². The van der Waals surface area contributed by atoms with Crippen molar-refractivity contribution in [2.45, 2.75) is 6.42 Å². The second-order valence-corrected chi connectivity index (χ2v) is 8.89. The summed E-state index contributed by atoms with van der Waals surface area (Å²) in [7, 11) is -2.32. The van der Waals surface area contributed by atoms with Crippen molar-refractivity contribution in [3.8, 4) is 16.9 Å². The molecule has 1 amide bonds. The summed E-state index contributed by atoms with van der Waals surface area (Å²) in [6.45, 7) is 0.671. The topological polar surface area (TPSA) is 118 Å². The Balaban J connectivity index is 1.65. The molecular formula is C21H21FN4O4S.